The number of aryl methyl sites for hydroxylation is 1. The molecule has 2 heterocycles. The number of hydrogen-bond donors (Lipinski definition) is 0. The summed E-state index contributed by atoms with van der Waals surface area (Å²) in [5.74, 6) is 0.912. The molecule has 0 saturated carbocycles. The van der Waals surface area contributed by atoms with Crippen LogP contribution in [-0.2, 0) is 23.9 Å². The summed E-state index contributed by atoms with van der Waals surface area (Å²) in [5.41, 5.74) is 0.212. The molecule has 0 spiro atoms. The number of nitrogens with zero attached hydrogens (tertiary/aromatic N) is 2. The molecule has 4 nitrogen and oxygen atoms in total. The molecular formula is C19H21F3N2O2. The molecule has 1 aromatic carbocycles. The molecule has 1 fully saturated rings. The maximum absolute atomic E-state index is 12.6. The van der Waals surface area contributed by atoms with E-state index in [2.05, 4.69) is 4.90 Å². The number of hydrogen-bond acceptors (Lipinski definition) is 3. The fourth-order valence-corrected chi connectivity index (χ4v) is 3.06. The molecule has 0 unspecified atom stereocenters. The number of amides is 1. The van der Waals surface area contributed by atoms with Crippen molar-refractivity contribution >= 4 is 5.91 Å². The lowest BCUT2D eigenvalue weighted by Crippen LogP contribution is -2.48. The number of alkyl halides is 3. The van der Waals surface area contributed by atoms with Crippen LogP contribution in [0, 0.1) is 0 Å². The second-order valence-electron chi connectivity index (χ2n) is 6.43. The van der Waals surface area contributed by atoms with E-state index in [0.717, 1.165) is 23.5 Å². The van der Waals surface area contributed by atoms with Gasteiger partial charge in [0, 0.05) is 45.6 Å². The van der Waals surface area contributed by atoms with Crippen molar-refractivity contribution in [2.75, 3.05) is 26.2 Å². The van der Waals surface area contributed by atoms with Crippen LogP contribution >= 0.6 is 0 Å². The summed E-state index contributed by atoms with van der Waals surface area (Å²) < 4.78 is 43.0. The van der Waals surface area contributed by atoms with Crippen molar-refractivity contribution in [3.05, 3.63) is 59.5 Å². The highest BCUT2D eigenvalue weighted by Gasteiger charge is 2.30. The molecule has 0 aliphatic carbocycles. The molecule has 0 radical (unpaired) electrons. The lowest BCUT2D eigenvalue weighted by atomic mass is 10.1. The number of benzene rings is 1. The minimum atomic E-state index is -4.31. The first-order valence-electron chi connectivity index (χ1n) is 8.60. The maximum atomic E-state index is 12.6. The summed E-state index contributed by atoms with van der Waals surface area (Å²) in [4.78, 5) is 16.2. The molecule has 1 saturated heterocycles. The van der Waals surface area contributed by atoms with Gasteiger partial charge in [-0.3, -0.25) is 9.69 Å². The lowest BCUT2D eigenvalue weighted by Gasteiger charge is -2.34. The van der Waals surface area contributed by atoms with Gasteiger partial charge in [-0.05, 0) is 29.8 Å². The molecule has 140 valence electrons. The molecule has 3 rings (SSSR count). The predicted octanol–water partition coefficient (Wildman–Crippen LogP) is 3.58. The van der Waals surface area contributed by atoms with Crippen LogP contribution in [0.15, 0.2) is 47.1 Å². The van der Waals surface area contributed by atoms with Gasteiger partial charge in [0.15, 0.2) is 0 Å². The van der Waals surface area contributed by atoms with E-state index in [-0.39, 0.29) is 5.91 Å². The van der Waals surface area contributed by atoms with Crippen molar-refractivity contribution in [1.29, 1.82) is 0 Å². The van der Waals surface area contributed by atoms with E-state index in [4.69, 9.17) is 4.42 Å². The largest absolute Gasteiger partial charge is 0.469 e. The summed E-state index contributed by atoms with van der Waals surface area (Å²) in [7, 11) is 0. The Kier molecular flexibility index (Phi) is 5.66. The number of rotatable bonds is 5. The zero-order chi connectivity index (χ0) is 18.6. The number of halogens is 3. The first-order valence-corrected chi connectivity index (χ1v) is 8.60. The molecule has 1 aliphatic rings. The normalized spacial score (nSPS) is 16.0. The molecule has 0 N–H and O–H groups in total. The molecule has 26 heavy (non-hydrogen) atoms. The minimum Gasteiger partial charge on any atom is -0.469 e. The third-order valence-corrected chi connectivity index (χ3v) is 4.58. The Balaban J connectivity index is 1.44. The second kappa shape index (κ2) is 7.95. The SMILES string of the molecule is O=C(CCc1ccco1)N1CCN(Cc2ccc(C(F)(F)F)cc2)CC1. The smallest absolute Gasteiger partial charge is 0.416 e. The monoisotopic (exact) mass is 366 g/mol. The van der Waals surface area contributed by atoms with Gasteiger partial charge in [-0.2, -0.15) is 13.2 Å². The molecule has 0 bridgehead atoms. The van der Waals surface area contributed by atoms with Gasteiger partial charge in [-0.15, -0.1) is 0 Å². The van der Waals surface area contributed by atoms with Crippen molar-refractivity contribution in [3.8, 4) is 0 Å². The average Bonchev–Trinajstić information content (AvgIpc) is 3.13. The fourth-order valence-electron chi connectivity index (χ4n) is 3.06. The van der Waals surface area contributed by atoms with Crippen molar-refractivity contribution in [1.82, 2.24) is 9.80 Å². The number of piperazine rings is 1. The summed E-state index contributed by atoms with van der Waals surface area (Å²) in [6, 6.07) is 8.93. The van der Waals surface area contributed by atoms with Gasteiger partial charge in [0.1, 0.15) is 5.76 Å². The van der Waals surface area contributed by atoms with E-state index in [9.17, 15) is 18.0 Å². The van der Waals surface area contributed by atoms with Gasteiger partial charge in [-0.25, -0.2) is 0 Å². The van der Waals surface area contributed by atoms with Gasteiger partial charge >= 0.3 is 6.18 Å². The van der Waals surface area contributed by atoms with Crippen LogP contribution in [0.2, 0.25) is 0 Å². The molecule has 1 amide bonds. The number of furan rings is 1. The van der Waals surface area contributed by atoms with Gasteiger partial charge in [-0.1, -0.05) is 12.1 Å². The van der Waals surface area contributed by atoms with Crippen molar-refractivity contribution in [3.63, 3.8) is 0 Å². The molecular weight excluding hydrogens is 345 g/mol. The Morgan fingerprint density at radius 2 is 1.73 bits per heavy atom. The number of carbonyl (C=O) groups excluding carboxylic acids is 1. The minimum absolute atomic E-state index is 0.107. The van der Waals surface area contributed by atoms with E-state index in [1.807, 2.05) is 11.0 Å². The van der Waals surface area contributed by atoms with E-state index in [1.54, 1.807) is 12.3 Å². The Labute approximate surface area is 150 Å². The van der Waals surface area contributed by atoms with Crippen molar-refractivity contribution in [2.45, 2.75) is 25.6 Å². The molecule has 7 heteroatoms. The van der Waals surface area contributed by atoms with Gasteiger partial charge in [0.05, 0.1) is 11.8 Å². The van der Waals surface area contributed by atoms with Crippen LogP contribution in [0.4, 0.5) is 13.2 Å². The van der Waals surface area contributed by atoms with Gasteiger partial charge in [0.25, 0.3) is 0 Å². The van der Waals surface area contributed by atoms with Crippen LogP contribution in [0.3, 0.4) is 0 Å². The predicted molar refractivity (Wildman–Crippen MR) is 90.3 cm³/mol. The van der Waals surface area contributed by atoms with E-state index in [1.165, 1.54) is 12.1 Å². The Hall–Kier alpha value is -2.28. The van der Waals surface area contributed by atoms with Gasteiger partial charge in [0.2, 0.25) is 5.91 Å². The van der Waals surface area contributed by atoms with Crippen LogP contribution in [0.1, 0.15) is 23.3 Å². The highest BCUT2D eigenvalue weighted by molar-refractivity contribution is 5.76. The van der Waals surface area contributed by atoms with E-state index in [0.29, 0.717) is 45.6 Å². The third kappa shape index (κ3) is 4.88. The Bertz CT molecular complexity index is 703. The van der Waals surface area contributed by atoms with Crippen molar-refractivity contribution in [2.24, 2.45) is 0 Å². The van der Waals surface area contributed by atoms with E-state index >= 15 is 0 Å². The Morgan fingerprint density at radius 3 is 2.31 bits per heavy atom. The molecule has 1 aliphatic heterocycles. The fraction of sp³-hybridized carbons (Fsp3) is 0.421. The van der Waals surface area contributed by atoms with E-state index < -0.39 is 11.7 Å². The standard InChI is InChI=1S/C19H21F3N2O2/c20-19(21,22)16-5-3-15(4-6-16)14-23-9-11-24(12-10-23)18(25)8-7-17-2-1-13-26-17/h1-6,13H,7-12,14H2. The second-order valence-corrected chi connectivity index (χ2v) is 6.43. The summed E-state index contributed by atoms with van der Waals surface area (Å²) in [6.45, 7) is 3.29. The summed E-state index contributed by atoms with van der Waals surface area (Å²) >= 11 is 0. The first-order chi connectivity index (χ1) is 12.4. The van der Waals surface area contributed by atoms with Crippen LogP contribution in [0.5, 0.6) is 0 Å². The third-order valence-electron chi connectivity index (χ3n) is 4.58. The van der Waals surface area contributed by atoms with Crippen molar-refractivity contribution < 1.29 is 22.4 Å². The van der Waals surface area contributed by atoms with Crippen LogP contribution in [-0.4, -0.2) is 41.9 Å². The summed E-state index contributed by atoms with van der Waals surface area (Å²) in [5, 5.41) is 0. The summed E-state index contributed by atoms with van der Waals surface area (Å²) in [6.07, 6.45) is -1.69. The molecule has 2 aromatic rings. The van der Waals surface area contributed by atoms with Gasteiger partial charge < -0.3 is 9.32 Å². The topological polar surface area (TPSA) is 36.7 Å². The first kappa shape index (κ1) is 18.5. The maximum Gasteiger partial charge on any atom is 0.416 e. The van der Waals surface area contributed by atoms with Crippen LogP contribution in [0.25, 0.3) is 0 Å². The highest BCUT2D eigenvalue weighted by Crippen LogP contribution is 2.29. The Morgan fingerprint density at radius 1 is 1.04 bits per heavy atom. The quantitative estimate of drug-likeness (QED) is 0.812. The molecule has 1 aromatic heterocycles. The zero-order valence-electron chi connectivity index (χ0n) is 14.3. The molecule has 0 atom stereocenters. The number of carbonyl (C=O) groups is 1. The highest BCUT2D eigenvalue weighted by atomic mass is 19.4. The lowest BCUT2D eigenvalue weighted by molar-refractivity contribution is -0.137. The van der Waals surface area contributed by atoms with Crippen LogP contribution < -0.4 is 0 Å². The zero-order valence-corrected chi connectivity index (χ0v) is 14.3. The average molecular weight is 366 g/mol.